The summed E-state index contributed by atoms with van der Waals surface area (Å²) in [5.41, 5.74) is 4.55. The molecule has 19 heavy (non-hydrogen) atoms. The third-order valence-corrected chi connectivity index (χ3v) is 5.30. The monoisotopic (exact) mass is 292 g/mol. The Morgan fingerprint density at radius 1 is 1.32 bits per heavy atom. The number of aromatic nitrogens is 3. The van der Waals surface area contributed by atoms with Gasteiger partial charge in [0.25, 0.3) is 0 Å². The van der Waals surface area contributed by atoms with E-state index >= 15 is 0 Å². The van der Waals surface area contributed by atoms with Gasteiger partial charge in [-0.05, 0) is 25.0 Å². The summed E-state index contributed by atoms with van der Waals surface area (Å²) < 4.78 is 2.02. The summed E-state index contributed by atoms with van der Waals surface area (Å²) >= 11 is 7.89. The van der Waals surface area contributed by atoms with Gasteiger partial charge in [0, 0.05) is 15.8 Å². The highest BCUT2D eigenvalue weighted by molar-refractivity contribution is 7.99. The molecule has 0 saturated heterocycles. The average Bonchev–Trinajstić information content (AvgIpc) is 3.01. The first kappa shape index (κ1) is 11.6. The zero-order valence-corrected chi connectivity index (χ0v) is 11.8. The fourth-order valence-electron chi connectivity index (χ4n) is 2.79. The molecule has 0 radical (unpaired) electrons. The first-order chi connectivity index (χ1) is 9.31. The molecule has 4 rings (SSSR count). The van der Waals surface area contributed by atoms with Crippen LogP contribution in [0.2, 0.25) is 5.02 Å². The third kappa shape index (κ3) is 1.92. The molecule has 0 amide bonds. The molecule has 0 bridgehead atoms. The first-order valence-electron chi connectivity index (χ1n) is 6.46. The summed E-state index contributed by atoms with van der Waals surface area (Å²) in [7, 11) is 0. The van der Waals surface area contributed by atoms with Crippen LogP contribution in [0.3, 0.4) is 0 Å². The molecule has 2 heterocycles. The lowest BCUT2D eigenvalue weighted by molar-refractivity contribution is 0.611. The number of hydrogen-bond donors (Lipinski definition) is 1. The van der Waals surface area contributed by atoms with E-state index in [0.717, 1.165) is 21.6 Å². The Morgan fingerprint density at radius 3 is 3.16 bits per heavy atom. The van der Waals surface area contributed by atoms with Gasteiger partial charge in [0.05, 0.1) is 6.04 Å². The van der Waals surface area contributed by atoms with E-state index in [1.54, 1.807) is 0 Å². The van der Waals surface area contributed by atoms with E-state index < -0.39 is 0 Å². The second-order valence-electron chi connectivity index (χ2n) is 4.97. The highest BCUT2D eigenvalue weighted by Crippen LogP contribution is 2.39. The summed E-state index contributed by atoms with van der Waals surface area (Å²) in [6, 6.07) is 8.27. The Hall–Kier alpha value is -1.20. The molecule has 2 aromatic rings. The quantitative estimate of drug-likeness (QED) is 0.877. The number of fused-ring (bicyclic) bond motifs is 2. The van der Waals surface area contributed by atoms with Gasteiger partial charge < -0.3 is 5.43 Å². The van der Waals surface area contributed by atoms with Crippen molar-refractivity contribution in [3.63, 3.8) is 0 Å². The summed E-state index contributed by atoms with van der Waals surface area (Å²) in [4.78, 5) is 0. The van der Waals surface area contributed by atoms with Crippen LogP contribution in [0.25, 0.3) is 11.4 Å². The van der Waals surface area contributed by atoms with Crippen molar-refractivity contribution in [2.45, 2.75) is 35.7 Å². The predicted molar refractivity (Wildman–Crippen MR) is 77.1 cm³/mol. The molecule has 1 aliphatic carbocycles. The normalized spacial score (nSPS) is 24.7. The number of nitrogens with zero attached hydrogens (tertiary/aromatic N) is 3. The van der Waals surface area contributed by atoms with Gasteiger partial charge in [-0.25, -0.2) is 4.68 Å². The second kappa shape index (κ2) is 4.42. The molecule has 2 atom stereocenters. The van der Waals surface area contributed by atoms with Gasteiger partial charge in [-0.2, -0.15) is 0 Å². The molecule has 1 N–H and O–H groups in total. The standard InChI is InChI=1S/C13H13ClN4S/c14-9-4-1-3-8(7-9)12-15-16-13-18(12)17-10-5-2-6-11(10)19-13/h1,3-4,7,10-11,17H,2,5-6H2. The highest BCUT2D eigenvalue weighted by atomic mass is 35.5. The number of benzene rings is 1. The van der Waals surface area contributed by atoms with Crippen LogP contribution < -0.4 is 5.43 Å². The summed E-state index contributed by atoms with van der Waals surface area (Å²) in [5.74, 6) is 0.843. The maximum Gasteiger partial charge on any atom is 0.210 e. The second-order valence-corrected chi connectivity index (χ2v) is 6.62. The van der Waals surface area contributed by atoms with Crippen LogP contribution in [0.4, 0.5) is 0 Å². The molecule has 98 valence electrons. The van der Waals surface area contributed by atoms with Crippen molar-refractivity contribution in [3.8, 4) is 11.4 Å². The summed E-state index contributed by atoms with van der Waals surface area (Å²) in [6.45, 7) is 0. The van der Waals surface area contributed by atoms with Crippen LogP contribution in [0, 0.1) is 0 Å². The van der Waals surface area contributed by atoms with Crippen molar-refractivity contribution in [2.24, 2.45) is 0 Å². The SMILES string of the molecule is Clc1cccc(-c2nnc3n2NC2CCCC2S3)c1. The molecule has 2 unspecified atom stereocenters. The molecular formula is C13H13ClN4S. The Morgan fingerprint density at radius 2 is 2.26 bits per heavy atom. The Balaban J connectivity index is 1.76. The largest absolute Gasteiger partial charge is 0.318 e. The van der Waals surface area contributed by atoms with E-state index in [9.17, 15) is 0 Å². The smallest absolute Gasteiger partial charge is 0.210 e. The van der Waals surface area contributed by atoms with Crippen molar-refractivity contribution < 1.29 is 0 Å². The number of nitrogens with one attached hydrogen (secondary N) is 1. The molecule has 1 saturated carbocycles. The minimum absolute atomic E-state index is 0.534. The Labute approximate surface area is 120 Å². The number of rotatable bonds is 1. The molecular weight excluding hydrogens is 280 g/mol. The lowest BCUT2D eigenvalue weighted by atomic mass is 10.2. The van der Waals surface area contributed by atoms with Crippen molar-refractivity contribution in [3.05, 3.63) is 29.3 Å². The molecule has 6 heteroatoms. The van der Waals surface area contributed by atoms with Crippen LogP contribution in [0.5, 0.6) is 0 Å². The maximum atomic E-state index is 6.05. The first-order valence-corrected chi connectivity index (χ1v) is 7.71. The maximum absolute atomic E-state index is 6.05. The fourth-order valence-corrected chi connectivity index (χ4v) is 4.23. The molecule has 2 aliphatic rings. The van der Waals surface area contributed by atoms with Crippen molar-refractivity contribution in [2.75, 3.05) is 5.43 Å². The van der Waals surface area contributed by atoms with Crippen LogP contribution in [0.1, 0.15) is 19.3 Å². The van der Waals surface area contributed by atoms with E-state index in [4.69, 9.17) is 11.6 Å². The minimum atomic E-state index is 0.534. The van der Waals surface area contributed by atoms with Crippen molar-refractivity contribution in [1.29, 1.82) is 0 Å². The van der Waals surface area contributed by atoms with Gasteiger partial charge in [-0.15, -0.1) is 10.2 Å². The number of halogens is 1. The van der Waals surface area contributed by atoms with E-state index in [0.29, 0.717) is 11.3 Å². The van der Waals surface area contributed by atoms with Crippen LogP contribution >= 0.6 is 23.4 Å². The average molecular weight is 293 g/mol. The topological polar surface area (TPSA) is 42.7 Å². The van der Waals surface area contributed by atoms with Crippen LogP contribution in [0.15, 0.2) is 29.4 Å². The molecule has 1 aromatic carbocycles. The van der Waals surface area contributed by atoms with Gasteiger partial charge >= 0.3 is 0 Å². The van der Waals surface area contributed by atoms with Gasteiger partial charge in [0.2, 0.25) is 5.16 Å². The summed E-state index contributed by atoms with van der Waals surface area (Å²) in [6.07, 6.45) is 3.78. The lowest BCUT2D eigenvalue weighted by Gasteiger charge is -2.28. The van der Waals surface area contributed by atoms with Crippen molar-refractivity contribution in [1.82, 2.24) is 14.9 Å². The lowest BCUT2D eigenvalue weighted by Crippen LogP contribution is -2.37. The predicted octanol–water partition coefficient (Wildman–Crippen LogP) is 3.17. The Bertz CT molecular complexity index is 627. The third-order valence-electron chi connectivity index (χ3n) is 3.72. The zero-order chi connectivity index (χ0) is 12.8. The van der Waals surface area contributed by atoms with Crippen LogP contribution in [-0.4, -0.2) is 26.2 Å². The summed E-state index contributed by atoms with van der Waals surface area (Å²) in [5, 5.41) is 10.9. The number of thioether (sulfide) groups is 1. The molecule has 0 spiro atoms. The molecule has 1 aromatic heterocycles. The zero-order valence-electron chi connectivity index (χ0n) is 10.2. The highest BCUT2D eigenvalue weighted by Gasteiger charge is 2.35. The van der Waals surface area contributed by atoms with Gasteiger partial charge in [-0.1, -0.05) is 41.9 Å². The van der Waals surface area contributed by atoms with E-state index in [1.807, 2.05) is 40.7 Å². The van der Waals surface area contributed by atoms with Gasteiger partial charge in [-0.3, -0.25) is 0 Å². The molecule has 4 nitrogen and oxygen atoms in total. The van der Waals surface area contributed by atoms with Gasteiger partial charge in [0.1, 0.15) is 0 Å². The van der Waals surface area contributed by atoms with E-state index in [1.165, 1.54) is 19.3 Å². The van der Waals surface area contributed by atoms with Gasteiger partial charge in [0.15, 0.2) is 5.82 Å². The molecule has 1 fully saturated rings. The number of hydrogen-bond acceptors (Lipinski definition) is 4. The van der Waals surface area contributed by atoms with Crippen molar-refractivity contribution >= 4 is 23.4 Å². The van der Waals surface area contributed by atoms with Crippen LogP contribution in [-0.2, 0) is 0 Å². The van der Waals surface area contributed by atoms with E-state index in [2.05, 4.69) is 15.6 Å². The Kier molecular flexibility index (Phi) is 2.70. The van der Waals surface area contributed by atoms with E-state index in [-0.39, 0.29) is 0 Å². The minimum Gasteiger partial charge on any atom is -0.318 e. The molecule has 1 aliphatic heterocycles. The fraction of sp³-hybridized carbons (Fsp3) is 0.385.